The minimum atomic E-state index is 0.626. The predicted octanol–water partition coefficient (Wildman–Crippen LogP) is 3.73. The standard InChI is InChI=1S/C15H19BrClN3/c1-12-15(16)14(19(2)18-12)11-20(9-8-17)10-13-6-4-3-5-7-13/h3-7H,8-11H2,1-2H3. The molecule has 0 saturated heterocycles. The Balaban J connectivity index is 2.13. The third-order valence-corrected chi connectivity index (χ3v) is 4.49. The van der Waals surface area contributed by atoms with Crippen LogP contribution in [0.25, 0.3) is 0 Å². The number of hydrogen-bond acceptors (Lipinski definition) is 2. The lowest BCUT2D eigenvalue weighted by atomic mass is 10.2. The van der Waals surface area contributed by atoms with E-state index in [-0.39, 0.29) is 0 Å². The van der Waals surface area contributed by atoms with E-state index in [1.54, 1.807) is 0 Å². The third-order valence-electron chi connectivity index (χ3n) is 3.28. The maximum Gasteiger partial charge on any atom is 0.0739 e. The lowest BCUT2D eigenvalue weighted by molar-refractivity contribution is 0.265. The zero-order chi connectivity index (χ0) is 14.5. The molecule has 3 nitrogen and oxygen atoms in total. The zero-order valence-electron chi connectivity index (χ0n) is 11.8. The Morgan fingerprint density at radius 2 is 1.95 bits per heavy atom. The molecule has 0 aliphatic carbocycles. The summed E-state index contributed by atoms with van der Waals surface area (Å²) >= 11 is 9.56. The molecule has 0 radical (unpaired) electrons. The van der Waals surface area contributed by atoms with Crippen molar-refractivity contribution in [3.05, 3.63) is 51.8 Å². The van der Waals surface area contributed by atoms with Crippen LogP contribution in [0, 0.1) is 6.92 Å². The fourth-order valence-electron chi connectivity index (χ4n) is 2.24. The van der Waals surface area contributed by atoms with Crippen LogP contribution in [-0.2, 0) is 20.1 Å². The highest BCUT2D eigenvalue weighted by molar-refractivity contribution is 9.10. The number of aromatic nitrogens is 2. The molecular formula is C15H19BrClN3. The Kier molecular flexibility index (Phi) is 5.64. The van der Waals surface area contributed by atoms with E-state index in [1.807, 2.05) is 24.7 Å². The lowest BCUT2D eigenvalue weighted by Gasteiger charge is -2.21. The van der Waals surface area contributed by atoms with Crippen molar-refractivity contribution in [1.29, 1.82) is 0 Å². The molecule has 2 aromatic rings. The number of aryl methyl sites for hydroxylation is 2. The van der Waals surface area contributed by atoms with Crippen LogP contribution in [-0.4, -0.2) is 27.1 Å². The van der Waals surface area contributed by atoms with Crippen molar-refractivity contribution in [3.8, 4) is 0 Å². The molecule has 20 heavy (non-hydrogen) atoms. The summed E-state index contributed by atoms with van der Waals surface area (Å²) in [6.07, 6.45) is 0. The third kappa shape index (κ3) is 3.84. The van der Waals surface area contributed by atoms with Crippen molar-refractivity contribution < 1.29 is 0 Å². The van der Waals surface area contributed by atoms with Gasteiger partial charge in [0.15, 0.2) is 0 Å². The van der Waals surface area contributed by atoms with Gasteiger partial charge >= 0.3 is 0 Å². The Morgan fingerprint density at radius 3 is 2.50 bits per heavy atom. The molecule has 0 unspecified atom stereocenters. The molecule has 5 heteroatoms. The first-order valence-corrected chi connectivity index (χ1v) is 7.94. The molecule has 1 heterocycles. The van der Waals surface area contributed by atoms with Gasteiger partial charge in [-0.3, -0.25) is 9.58 Å². The monoisotopic (exact) mass is 355 g/mol. The van der Waals surface area contributed by atoms with Gasteiger partial charge in [-0.15, -0.1) is 11.6 Å². The number of hydrogen-bond donors (Lipinski definition) is 0. The smallest absolute Gasteiger partial charge is 0.0739 e. The summed E-state index contributed by atoms with van der Waals surface area (Å²) in [5, 5.41) is 4.44. The Hall–Kier alpha value is -0.840. The lowest BCUT2D eigenvalue weighted by Crippen LogP contribution is -2.26. The second-order valence-electron chi connectivity index (χ2n) is 4.85. The molecule has 108 valence electrons. The van der Waals surface area contributed by atoms with E-state index in [2.05, 4.69) is 50.2 Å². The van der Waals surface area contributed by atoms with Crippen LogP contribution in [0.2, 0.25) is 0 Å². The van der Waals surface area contributed by atoms with Gasteiger partial charge in [0.1, 0.15) is 0 Å². The molecule has 0 atom stereocenters. The highest BCUT2D eigenvalue weighted by Crippen LogP contribution is 2.22. The van der Waals surface area contributed by atoms with Crippen LogP contribution in [0.15, 0.2) is 34.8 Å². The van der Waals surface area contributed by atoms with Crippen molar-refractivity contribution >= 4 is 27.5 Å². The van der Waals surface area contributed by atoms with Crippen LogP contribution in [0.3, 0.4) is 0 Å². The first-order valence-electron chi connectivity index (χ1n) is 6.62. The fraction of sp³-hybridized carbons (Fsp3) is 0.400. The van der Waals surface area contributed by atoms with Gasteiger partial charge < -0.3 is 0 Å². The highest BCUT2D eigenvalue weighted by Gasteiger charge is 2.14. The Bertz CT molecular complexity index is 554. The maximum atomic E-state index is 5.94. The Labute approximate surface area is 133 Å². The molecule has 0 aliphatic heterocycles. The summed E-state index contributed by atoms with van der Waals surface area (Å²) in [6, 6.07) is 10.5. The van der Waals surface area contributed by atoms with E-state index >= 15 is 0 Å². The predicted molar refractivity (Wildman–Crippen MR) is 86.9 cm³/mol. The van der Waals surface area contributed by atoms with E-state index in [0.29, 0.717) is 5.88 Å². The van der Waals surface area contributed by atoms with E-state index in [0.717, 1.165) is 29.8 Å². The van der Waals surface area contributed by atoms with Gasteiger partial charge in [0.25, 0.3) is 0 Å². The zero-order valence-corrected chi connectivity index (χ0v) is 14.2. The average molecular weight is 357 g/mol. The molecule has 0 bridgehead atoms. The van der Waals surface area contributed by atoms with E-state index in [4.69, 9.17) is 11.6 Å². The van der Waals surface area contributed by atoms with Crippen molar-refractivity contribution in [2.75, 3.05) is 12.4 Å². The van der Waals surface area contributed by atoms with E-state index < -0.39 is 0 Å². The summed E-state index contributed by atoms with van der Waals surface area (Å²) < 4.78 is 3.03. The van der Waals surface area contributed by atoms with Gasteiger partial charge in [0, 0.05) is 32.6 Å². The number of alkyl halides is 1. The average Bonchev–Trinajstić information content (AvgIpc) is 2.67. The normalized spacial score (nSPS) is 11.2. The van der Waals surface area contributed by atoms with Crippen LogP contribution >= 0.6 is 27.5 Å². The summed E-state index contributed by atoms with van der Waals surface area (Å²) in [4.78, 5) is 2.34. The van der Waals surface area contributed by atoms with Crippen molar-refractivity contribution in [2.45, 2.75) is 20.0 Å². The number of benzene rings is 1. The second-order valence-corrected chi connectivity index (χ2v) is 6.03. The molecule has 0 spiro atoms. The van der Waals surface area contributed by atoms with Gasteiger partial charge in [-0.2, -0.15) is 5.10 Å². The highest BCUT2D eigenvalue weighted by atomic mass is 79.9. The summed E-state index contributed by atoms with van der Waals surface area (Å²) in [5.41, 5.74) is 3.50. The molecule has 0 saturated carbocycles. The topological polar surface area (TPSA) is 21.1 Å². The van der Waals surface area contributed by atoms with E-state index in [9.17, 15) is 0 Å². The van der Waals surface area contributed by atoms with Crippen LogP contribution < -0.4 is 0 Å². The van der Waals surface area contributed by atoms with E-state index in [1.165, 1.54) is 11.3 Å². The van der Waals surface area contributed by atoms with Gasteiger partial charge in [-0.05, 0) is 28.4 Å². The van der Waals surface area contributed by atoms with Crippen molar-refractivity contribution in [2.24, 2.45) is 7.05 Å². The molecule has 0 amide bonds. The molecule has 0 aliphatic rings. The van der Waals surface area contributed by atoms with Gasteiger partial charge in [0.2, 0.25) is 0 Å². The van der Waals surface area contributed by atoms with Crippen LogP contribution in [0.4, 0.5) is 0 Å². The molecule has 0 fully saturated rings. The number of rotatable bonds is 6. The summed E-state index contributed by atoms with van der Waals surface area (Å²) in [5.74, 6) is 0.626. The Morgan fingerprint density at radius 1 is 1.25 bits per heavy atom. The van der Waals surface area contributed by atoms with Crippen molar-refractivity contribution in [3.63, 3.8) is 0 Å². The summed E-state index contributed by atoms with van der Waals surface area (Å²) in [6.45, 7) is 4.59. The fourth-order valence-corrected chi connectivity index (χ4v) is 2.94. The molecule has 1 aromatic carbocycles. The SMILES string of the molecule is Cc1nn(C)c(CN(CCCl)Cc2ccccc2)c1Br. The minimum Gasteiger partial charge on any atom is -0.292 e. The molecule has 0 N–H and O–H groups in total. The number of halogens is 2. The molecule has 1 aromatic heterocycles. The quantitative estimate of drug-likeness (QED) is 0.735. The summed E-state index contributed by atoms with van der Waals surface area (Å²) in [7, 11) is 1.98. The molecular weight excluding hydrogens is 338 g/mol. The van der Waals surface area contributed by atoms with Crippen LogP contribution in [0.5, 0.6) is 0 Å². The minimum absolute atomic E-state index is 0.626. The van der Waals surface area contributed by atoms with Gasteiger partial charge in [-0.1, -0.05) is 30.3 Å². The van der Waals surface area contributed by atoms with Gasteiger partial charge in [0.05, 0.1) is 15.9 Å². The maximum absolute atomic E-state index is 5.94. The second kappa shape index (κ2) is 7.25. The number of nitrogens with zero attached hydrogens (tertiary/aromatic N) is 3. The van der Waals surface area contributed by atoms with Crippen molar-refractivity contribution in [1.82, 2.24) is 14.7 Å². The van der Waals surface area contributed by atoms with Gasteiger partial charge in [-0.25, -0.2) is 0 Å². The first kappa shape index (κ1) is 15.5. The van der Waals surface area contributed by atoms with Crippen LogP contribution in [0.1, 0.15) is 17.0 Å². The first-order chi connectivity index (χ1) is 9.61. The largest absolute Gasteiger partial charge is 0.292 e. The molecule has 2 rings (SSSR count).